The Morgan fingerprint density at radius 3 is 2.50 bits per heavy atom. The molecule has 6 heteroatoms. The second kappa shape index (κ2) is 6.20. The Bertz CT molecular complexity index is 867. The van der Waals surface area contributed by atoms with Gasteiger partial charge in [0.15, 0.2) is 0 Å². The van der Waals surface area contributed by atoms with E-state index in [1.165, 1.54) is 12.0 Å². The maximum atomic E-state index is 12.7. The highest BCUT2D eigenvalue weighted by molar-refractivity contribution is 8.19. The Morgan fingerprint density at radius 2 is 1.88 bits per heavy atom. The third-order valence-electron chi connectivity index (χ3n) is 4.22. The second-order valence-corrected chi connectivity index (χ2v) is 6.57. The first-order chi connectivity index (χ1) is 11.4. The number of imide groups is 1. The molecular formula is C18H18N2O3S. The van der Waals surface area contributed by atoms with Gasteiger partial charge in [-0.3, -0.25) is 9.59 Å². The average Bonchev–Trinajstić information content (AvgIpc) is 2.98. The van der Waals surface area contributed by atoms with Gasteiger partial charge in [-0.15, -0.1) is 0 Å². The Labute approximate surface area is 144 Å². The fourth-order valence-corrected chi connectivity index (χ4v) is 3.49. The molecule has 0 bridgehead atoms. The average molecular weight is 342 g/mol. The van der Waals surface area contributed by atoms with Crippen molar-refractivity contribution in [3.63, 3.8) is 0 Å². The van der Waals surface area contributed by atoms with E-state index in [0.717, 1.165) is 28.7 Å². The van der Waals surface area contributed by atoms with Gasteiger partial charge in [0, 0.05) is 18.4 Å². The minimum absolute atomic E-state index is 0.318. The van der Waals surface area contributed by atoms with E-state index in [4.69, 9.17) is 4.74 Å². The fourth-order valence-electron chi connectivity index (χ4n) is 2.66. The molecule has 1 saturated heterocycles. The van der Waals surface area contributed by atoms with Crippen molar-refractivity contribution in [1.29, 1.82) is 0 Å². The van der Waals surface area contributed by atoms with Crippen LogP contribution in [-0.2, 0) is 11.8 Å². The third kappa shape index (κ3) is 2.63. The molecule has 0 saturated carbocycles. The van der Waals surface area contributed by atoms with Crippen molar-refractivity contribution in [1.82, 2.24) is 4.57 Å². The van der Waals surface area contributed by atoms with Crippen LogP contribution < -0.4 is 9.64 Å². The molecule has 1 aliphatic rings. The number of benzene rings is 1. The standard InChI is InChI=1S/C18H18N2O3S/c1-11-9-13(12(2)19(11)3)10-16-17(21)20(18(22)24-16)14-7-5-6-8-15(14)23-4/h5-10H,1-4H3. The summed E-state index contributed by atoms with van der Waals surface area (Å²) in [6.07, 6.45) is 1.78. The van der Waals surface area contributed by atoms with Crippen LogP contribution >= 0.6 is 11.8 Å². The lowest BCUT2D eigenvalue weighted by molar-refractivity contribution is -0.113. The van der Waals surface area contributed by atoms with Gasteiger partial charge in [-0.1, -0.05) is 12.1 Å². The Kier molecular flexibility index (Phi) is 4.24. The van der Waals surface area contributed by atoms with Crippen molar-refractivity contribution in [2.75, 3.05) is 12.0 Å². The van der Waals surface area contributed by atoms with E-state index in [9.17, 15) is 9.59 Å². The lowest BCUT2D eigenvalue weighted by Gasteiger charge is -2.15. The van der Waals surface area contributed by atoms with Gasteiger partial charge in [0.25, 0.3) is 11.1 Å². The van der Waals surface area contributed by atoms with Crippen LogP contribution in [0.15, 0.2) is 35.2 Å². The number of para-hydroxylation sites is 2. The molecule has 1 aliphatic heterocycles. The Morgan fingerprint density at radius 1 is 1.17 bits per heavy atom. The first-order valence-electron chi connectivity index (χ1n) is 7.48. The molecule has 2 amide bonds. The molecule has 1 aromatic heterocycles. The number of rotatable bonds is 3. The number of anilines is 1. The monoisotopic (exact) mass is 342 g/mol. The zero-order chi connectivity index (χ0) is 17.4. The number of hydrogen-bond donors (Lipinski definition) is 0. The second-order valence-electron chi connectivity index (χ2n) is 5.57. The number of aryl methyl sites for hydroxylation is 1. The maximum absolute atomic E-state index is 12.7. The number of thioether (sulfide) groups is 1. The molecule has 0 spiro atoms. The number of nitrogens with zero attached hydrogens (tertiary/aromatic N) is 2. The summed E-state index contributed by atoms with van der Waals surface area (Å²) in [4.78, 5) is 26.7. The highest BCUT2D eigenvalue weighted by Crippen LogP contribution is 2.39. The van der Waals surface area contributed by atoms with Gasteiger partial charge < -0.3 is 9.30 Å². The number of carbonyl (C=O) groups excluding carboxylic acids is 2. The minimum atomic E-state index is -0.324. The van der Waals surface area contributed by atoms with E-state index in [1.807, 2.05) is 27.0 Å². The van der Waals surface area contributed by atoms with Gasteiger partial charge in [-0.2, -0.15) is 0 Å². The normalized spacial score (nSPS) is 16.3. The maximum Gasteiger partial charge on any atom is 0.298 e. The quantitative estimate of drug-likeness (QED) is 0.794. The fraction of sp³-hybridized carbons (Fsp3) is 0.222. The number of carbonyl (C=O) groups is 2. The molecule has 0 N–H and O–H groups in total. The van der Waals surface area contributed by atoms with Gasteiger partial charge in [0.2, 0.25) is 0 Å². The Hall–Kier alpha value is -2.47. The molecule has 0 aliphatic carbocycles. The summed E-state index contributed by atoms with van der Waals surface area (Å²) in [5.74, 6) is 0.170. The third-order valence-corrected chi connectivity index (χ3v) is 5.09. The van der Waals surface area contributed by atoms with Crippen molar-refractivity contribution in [3.8, 4) is 5.75 Å². The minimum Gasteiger partial charge on any atom is -0.495 e. The molecule has 5 nitrogen and oxygen atoms in total. The van der Waals surface area contributed by atoms with Crippen molar-refractivity contribution in [3.05, 3.63) is 52.2 Å². The molecule has 3 rings (SSSR count). The summed E-state index contributed by atoms with van der Waals surface area (Å²) in [6, 6.07) is 9.01. The van der Waals surface area contributed by atoms with Crippen LogP contribution in [0, 0.1) is 13.8 Å². The first kappa shape index (κ1) is 16.4. The molecular weight excluding hydrogens is 324 g/mol. The molecule has 2 heterocycles. The lowest BCUT2D eigenvalue weighted by atomic mass is 10.2. The van der Waals surface area contributed by atoms with Crippen LogP contribution in [0.1, 0.15) is 17.0 Å². The smallest absolute Gasteiger partial charge is 0.298 e. The summed E-state index contributed by atoms with van der Waals surface area (Å²) >= 11 is 0.948. The van der Waals surface area contributed by atoms with Crippen LogP contribution in [0.25, 0.3) is 6.08 Å². The van der Waals surface area contributed by atoms with Crippen LogP contribution in [-0.4, -0.2) is 22.8 Å². The summed E-state index contributed by atoms with van der Waals surface area (Å²) < 4.78 is 7.32. The van der Waals surface area contributed by atoms with Crippen LogP contribution in [0.4, 0.5) is 10.5 Å². The largest absolute Gasteiger partial charge is 0.495 e. The predicted octanol–water partition coefficient (Wildman–Crippen LogP) is 3.89. The van der Waals surface area contributed by atoms with Gasteiger partial charge >= 0.3 is 0 Å². The van der Waals surface area contributed by atoms with E-state index in [2.05, 4.69) is 4.57 Å². The number of aromatic nitrogens is 1. The number of hydrogen-bond acceptors (Lipinski definition) is 4. The highest BCUT2D eigenvalue weighted by Gasteiger charge is 2.37. The SMILES string of the molecule is COc1ccccc1N1C(=O)SC(=Cc2cc(C)n(C)c2C)C1=O. The van der Waals surface area contributed by atoms with Crippen LogP contribution in [0.5, 0.6) is 5.75 Å². The molecule has 0 radical (unpaired) electrons. The van der Waals surface area contributed by atoms with E-state index in [1.54, 1.807) is 30.3 Å². The van der Waals surface area contributed by atoms with Gasteiger partial charge in [0.1, 0.15) is 5.75 Å². The molecule has 1 aromatic carbocycles. The summed E-state index contributed by atoms with van der Waals surface area (Å²) in [7, 11) is 3.49. The zero-order valence-corrected chi connectivity index (χ0v) is 14.8. The summed E-state index contributed by atoms with van der Waals surface area (Å²) in [5.41, 5.74) is 3.56. The van der Waals surface area contributed by atoms with Crippen molar-refractivity contribution < 1.29 is 14.3 Å². The summed E-state index contributed by atoms with van der Waals surface area (Å²) in [5, 5.41) is -0.318. The number of methoxy groups -OCH3 is 1. The molecule has 24 heavy (non-hydrogen) atoms. The highest BCUT2D eigenvalue weighted by atomic mass is 32.2. The van der Waals surface area contributed by atoms with E-state index in [0.29, 0.717) is 16.3 Å². The number of ether oxygens (including phenoxy) is 1. The van der Waals surface area contributed by atoms with Gasteiger partial charge in [0.05, 0.1) is 17.7 Å². The van der Waals surface area contributed by atoms with E-state index in [-0.39, 0.29) is 11.1 Å². The van der Waals surface area contributed by atoms with Crippen molar-refractivity contribution in [2.24, 2.45) is 7.05 Å². The lowest BCUT2D eigenvalue weighted by Crippen LogP contribution is -2.28. The molecule has 0 unspecified atom stereocenters. The van der Waals surface area contributed by atoms with Crippen LogP contribution in [0.2, 0.25) is 0 Å². The predicted molar refractivity (Wildman–Crippen MR) is 96.3 cm³/mol. The first-order valence-corrected chi connectivity index (χ1v) is 8.29. The van der Waals surface area contributed by atoms with Gasteiger partial charge in [-0.05, 0) is 55.4 Å². The van der Waals surface area contributed by atoms with Gasteiger partial charge in [-0.25, -0.2) is 4.90 Å². The van der Waals surface area contributed by atoms with Crippen molar-refractivity contribution >= 4 is 34.7 Å². The van der Waals surface area contributed by atoms with E-state index < -0.39 is 0 Å². The zero-order valence-electron chi connectivity index (χ0n) is 14.0. The van der Waals surface area contributed by atoms with Crippen molar-refractivity contribution in [2.45, 2.75) is 13.8 Å². The molecule has 0 atom stereocenters. The summed E-state index contributed by atoms with van der Waals surface area (Å²) in [6.45, 7) is 3.99. The van der Waals surface area contributed by atoms with E-state index >= 15 is 0 Å². The molecule has 2 aromatic rings. The van der Waals surface area contributed by atoms with Crippen LogP contribution in [0.3, 0.4) is 0 Å². The molecule has 1 fully saturated rings. The molecule has 124 valence electrons. The number of amides is 2. The topological polar surface area (TPSA) is 51.5 Å². The Balaban J connectivity index is 2.00.